The average molecular weight is 508 g/mol. The molecule has 2 aliphatic carbocycles. The number of carbonyl (C=O) groups excluding carboxylic acids is 3. The molecule has 2 saturated carbocycles. The smallest absolute Gasteiger partial charge is 0.310 e. The van der Waals surface area contributed by atoms with Crippen molar-refractivity contribution in [3.05, 3.63) is 27.7 Å². The summed E-state index contributed by atoms with van der Waals surface area (Å²) in [5, 5.41) is 2.97. The Kier molecular flexibility index (Phi) is 4.77. The van der Waals surface area contributed by atoms with Crippen molar-refractivity contribution < 1.29 is 23.9 Å². The van der Waals surface area contributed by atoms with Crippen LogP contribution in [0.5, 0.6) is 0 Å². The number of esters is 2. The lowest BCUT2D eigenvalue weighted by Crippen LogP contribution is -2.39. The van der Waals surface area contributed by atoms with Crippen molar-refractivity contribution in [3.63, 3.8) is 0 Å². The van der Waals surface area contributed by atoms with E-state index in [1.807, 2.05) is 0 Å². The van der Waals surface area contributed by atoms with Gasteiger partial charge in [0.1, 0.15) is 6.10 Å². The van der Waals surface area contributed by atoms with Gasteiger partial charge in [0.2, 0.25) is 0 Å². The summed E-state index contributed by atoms with van der Waals surface area (Å²) in [4.78, 5) is 36.6. The van der Waals surface area contributed by atoms with Crippen LogP contribution in [0.2, 0.25) is 5.02 Å². The zero-order valence-electron chi connectivity index (χ0n) is 13.3. The molecule has 1 heterocycles. The number of hydrogen-bond acceptors (Lipinski definition) is 5. The van der Waals surface area contributed by atoms with E-state index in [0.29, 0.717) is 10.7 Å². The van der Waals surface area contributed by atoms with Crippen molar-refractivity contribution in [2.75, 3.05) is 11.9 Å². The van der Waals surface area contributed by atoms with Crippen LogP contribution in [0.4, 0.5) is 5.69 Å². The van der Waals surface area contributed by atoms with E-state index in [0.717, 1.165) is 10.9 Å². The summed E-state index contributed by atoms with van der Waals surface area (Å²) in [7, 11) is 0. The zero-order chi connectivity index (χ0) is 18.6. The highest BCUT2D eigenvalue weighted by Gasteiger charge is 2.68. The Morgan fingerprint density at radius 1 is 1.35 bits per heavy atom. The maximum Gasteiger partial charge on any atom is 0.310 e. The van der Waals surface area contributed by atoms with E-state index in [-0.39, 0.29) is 28.7 Å². The van der Waals surface area contributed by atoms with Crippen LogP contribution in [0.25, 0.3) is 0 Å². The standard InChI is InChI=1S/C17H14Br2ClNO5/c18-6-1-2-10(9(20)3-6)21-11(22)5-25-16(23)12-7-4-8-13(12)17(24)26-15(8)14(7)19/h1-3,7-8,12-15H,4-5H2,(H,21,22)/t7-,8-,12-,13-,14+,15+/m1/s1. The molecule has 3 fully saturated rings. The first kappa shape index (κ1) is 18.3. The summed E-state index contributed by atoms with van der Waals surface area (Å²) in [6, 6.07) is 5.03. The Morgan fingerprint density at radius 2 is 2.12 bits per heavy atom. The maximum atomic E-state index is 12.5. The largest absolute Gasteiger partial charge is 0.461 e. The zero-order valence-corrected chi connectivity index (χ0v) is 17.2. The fraction of sp³-hybridized carbons (Fsp3) is 0.471. The lowest BCUT2D eigenvalue weighted by molar-refractivity contribution is -0.157. The van der Waals surface area contributed by atoms with Gasteiger partial charge in [-0.15, -0.1) is 0 Å². The van der Waals surface area contributed by atoms with Gasteiger partial charge in [-0.25, -0.2) is 0 Å². The Balaban J connectivity index is 1.37. The average Bonchev–Trinajstić information content (AvgIpc) is 3.19. The molecule has 6 nitrogen and oxygen atoms in total. The molecule has 26 heavy (non-hydrogen) atoms. The minimum absolute atomic E-state index is 0.00192. The van der Waals surface area contributed by atoms with Crippen LogP contribution < -0.4 is 5.32 Å². The highest BCUT2D eigenvalue weighted by atomic mass is 79.9. The number of nitrogens with one attached hydrogen (secondary N) is 1. The highest BCUT2D eigenvalue weighted by molar-refractivity contribution is 9.10. The quantitative estimate of drug-likeness (QED) is 0.500. The number of anilines is 1. The molecule has 138 valence electrons. The first-order chi connectivity index (χ1) is 12.4. The van der Waals surface area contributed by atoms with E-state index in [4.69, 9.17) is 21.1 Å². The molecule has 0 aromatic heterocycles. The van der Waals surface area contributed by atoms with Gasteiger partial charge in [0.15, 0.2) is 6.61 Å². The number of benzene rings is 1. The molecule has 0 spiro atoms. The first-order valence-corrected chi connectivity index (χ1v) is 10.2. The van der Waals surface area contributed by atoms with Gasteiger partial charge >= 0.3 is 11.9 Å². The van der Waals surface area contributed by atoms with Crippen molar-refractivity contribution in [1.29, 1.82) is 0 Å². The van der Waals surface area contributed by atoms with E-state index in [1.54, 1.807) is 18.2 Å². The second kappa shape index (κ2) is 6.80. The molecule has 3 aliphatic rings. The first-order valence-electron chi connectivity index (χ1n) is 8.13. The van der Waals surface area contributed by atoms with Crippen LogP contribution in [0.15, 0.2) is 22.7 Å². The third-order valence-electron chi connectivity index (χ3n) is 5.35. The van der Waals surface area contributed by atoms with Crippen molar-refractivity contribution in [3.8, 4) is 0 Å². The molecule has 0 radical (unpaired) electrons. The predicted octanol–water partition coefficient (Wildman–Crippen LogP) is 3.16. The third kappa shape index (κ3) is 2.96. The molecule has 1 amide bonds. The minimum Gasteiger partial charge on any atom is -0.461 e. The number of amides is 1. The van der Waals surface area contributed by atoms with Gasteiger partial charge in [-0.05, 0) is 30.5 Å². The highest BCUT2D eigenvalue weighted by Crippen LogP contribution is 2.60. The Labute approximate surface area is 171 Å². The molecule has 6 atom stereocenters. The molecular formula is C17H14Br2ClNO5. The SMILES string of the molecule is O=C(COC(=O)[C@@H]1[C@H]2C[C@H]3[C@H](OC(=O)[C@H]31)[C@H]2Br)Nc1ccc(Br)cc1Cl. The second-order valence-corrected chi connectivity index (χ2v) is 9.12. The molecule has 9 heteroatoms. The van der Waals surface area contributed by atoms with Crippen LogP contribution in [0.1, 0.15) is 6.42 Å². The van der Waals surface area contributed by atoms with E-state index < -0.39 is 30.3 Å². The maximum absolute atomic E-state index is 12.5. The Bertz CT molecular complexity index is 803. The summed E-state index contributed by atoms with van der Waals surface area (Å²) < 4.78 is 11.3. The molecule has 4 rings (SSSR count). The number of fused-ring (bicyclic) bond motifs is 1. The number of rotatable bonds is 4. The van der Waals surface area contributed by atoms with Crippen molar-refractivity contribution >= 4 is 67.0 Å². The van der Waals surface area contributed by atoms with E-state index in [1.165, 1.54) is 0 Å². The molecular weight excluding hydrogens is 493 g/mol. The molecule has 1 aromatic carbocycles. The van der Waals surface area contributed by atoms with E-state index in [2.05, 4.69) is 37.2 Å². The van der Waals surface area contributed by atoms with Gasteiger partial charge in [-0.1, -0.05) is 43.5 Å². The second-order valence-electron chi connectivity index (χ2n) is 6.74. The number of halogens is 3. The van der Waals surface area contributed by atoms with Gasteiger partial charge in [0.25, 0.3) is 5.91 Å². The summed E-state index contributed by atoms with van der Waals surface area (Å²) in [6.45, 7) is -0.433. The Hall–Kier alpha value is -1.12. The van der Waals surface area contributed by atoms with Crippen molar-refractivity contribution in [2.24, 2.45) is 23.7 Å². The molecule has 1 aliphatic heterocycles. The van der Waals surface area contributed by atoms with Gasteiger partial charge in [-0.3, -0.25) is 14.4 Å². The van der Waals surface area contributed by atoms with Gasteiger partial charge in [-0.2, -0.15) is 0 Å². The van der Waals surface area contributed by atoms with Crippen LogP contribution in [0, 0.1) is 23.7 Å². The molecule has 1 saturated heterocycles. The topological polar surface area (TPSA) is 81.7 Å². The predicted molar refractivity (Wildman–Crippen MR) is 99.9 cm³/mol. The Morgan fingerprint density at radius 3 is 2.85 bits per heavy atom. The van der Waals surface area contributed by atoms with Gasteiger partial charge < -0.3 is 14.8 Å². The molecule has 2 bridgehead atoms. The van der Waals surface area contributed by atoms with Crippen LogP contribution >= 0.6 is 43.5 Å². The molecule has 1 N–H and O–H groups in total. The minimum atomic E-state index is -0.556. The fourth-order valence-electron chi connectivity index (χ4n) is 4.30. The van der Waals surface area contributed by atoms with Crippen molar-refractivity contribution in [2.45, 2.75) is 17.4 Å². The van der Waals surface area contributed by atoms with E-state index in [9.17, 15) is 14.4 Å². The number of carbonyl (C=O) groups is 3. The fourth-order valence-corrected chi connectivity index (χ4v) is 6.07. The number of ether oxygens (including phenoxy) is 2. The normalized spacial score (nSPS) is 33.9. The van der Waals surface area contributed by atoms with Crippen LogP contribution in [-0.2, 0) is 23.9 Å². The number of alkyl halides is 1. The summed E-state index contributed by atoms with van der Waals surface area (Å²) in [5.74, 6) is -2.30. The van der Waals surface area contributed by atoms with Crippen LogP contribution in [0.3, 0.4) is 0 Å². The monoisotopic (exact) mass is 505 g/mol. The van der Waals surface area contributed by atoms with Gasteiger partial charge in [0, 0.05) is 10.4 Å². The van der Waals surface area contributed by atoms with Gasteiger partial charge in [0.05, 0.1) is 27.4 Å². The third-order valence-corrected chi connectivity index (χ3v) is 7.35. The molecule has 1 aromatic rings. The summed E-state index contributed by atoms with van der Waals surface area (Å²) >= 11 is 12.9. The van der Waals surface area contributed by atoms with Crippen LogP contribution in [-0.4, -0.2) is 35.4 Å². The summed E-state index contributed by atoms with van der Waals surface area (Å²) in [5.41, 5.74) is 0.429. The number of hydrogen-bond donors (Lipinski definition) is 1. The molecule has 0 unspecified atom stereocenters. The lowest BCUT2D eigenvalue weighted by Gasteiger charge is -2.26. The summed E-state index contributed by atoms with van der Waals surface area (Å²) in [6.07, 6.45) is 0.613. The van der Waals surface area contributed by atoms with E-state index >= 15 is 0 Å². The lowest BCUT2D eigenvalue weighted by atomic mass is 9.80. The van der Waals surface area contributed by atoms with Crippen molar-refractivity contribution in [1.82, 2.24) is 0 Å².